The lowest BCUT2D eigenvalue weighted by molar-refractivity contribution is 0.0955. The molecule has 0 aliphatic rings. The van der Waals surface area contributed by atoms with Crippen molar-refractivity contribution < 1.29 is 13.9 Å². The van der Waals surface area contributed by atoms with Crippen LogP contribution in [-0.2, 0) is 13.2 Å². The van der Waals surface area contributed by atoms with Gasteiger partial charge in [0.2, 0.25) is 0 Å². The van der Waals surface area contributed by atoms with E-state index in [0.717, 1.165) is 16.9 Å². The van der Waals surface area contributed by atoms with Gasteiger partial charge in [0.15, 0.2) is 0 Å². The summed E-state index contributed by atoms with van der Waals surface area (Å²) >= 11 is 1.38. The first-order valence-electron chi connectivity index (χ1n) is 7.48. The van der Waals surface area contributed by atoms with Crippen LogP contribution >= 0.6 is 11.3 Å². The fourth-order valence-corrected chi connectivity index (χ4v) is 2.94. The maximum atomic E-state index is 12.9. The van der Waals surface area contributed by atoms with Crippen LogP contribution < -0.4 is 10.1 Å². The van der Waals surface area contributed by atoms with E-state index in [2.05, 4.69) is 5.32 Å². The van der Waals surface area contributed by atoms with Crippen molar-refractivity contribution in [2.75, 3.05) is 0 Å². The highest BCUT2D eigenvalue weighted by Gasteiger charge is 2.09. The van der Waals surface area contributed by atoms with E-state index in [1.54, 1.807) is 12.1 Å². The molecule has 3 aromatic rings. The predicted octanol–water partition coefficient (Wildman–Crippen LogP) is 4.40. The SMILES string of the molecule is O=C(NCc1ccc(F)cc1)c1cc(COc2ccccc2)cs1. The highest BCUT2D eigenvalue weighted by atomic mass is 32.1. The summed E-state index contributed by atoms with van der Waals surface area (Å²) in [5.41, 5.74) is 1.81. The molecule has 3 nitrogen and oxygen atoms in total. The van der Waals surface area contributed by atoms with E-state index < -0.39 is 0 Å². The number of hydrogen-bond donors (Lipinski definition) is 1. The molecule has 24 heavy (non-hydrogen) atoms. The molecule has 5 heteroatoms. The molecule has 1 heterocycles. The molecule has 0 saturated carbocycles. The number of hydrogen-bond acceptors (Lipinski definition) is 3. The maximum absolute atomic E-state index is 12.9. The molecule has 1 N–H and O–H groups in total. The van der Waals surface area contributed by atoms with Crippen LogP contribution in [0.2, 0.25) is 0 Å². The minimum atomic E-state index is -0.286. The van der Waals surface area contributed by atoms with E-state index in [4.69, 9.17) is 4.74 Å². The van der Waals surface area contributed by atoms with Crippen LogP contribution in [-0.4, -0.2) is 5.91 Å². The smallest absolute Gasteiger partial charge is 0.261 e. The van der Waals surface area contributed by atoms with E-state index in [-0.39, 0.29) is 11.7 Å². The summed E-state index contributed by atoms with van der Waals surface area (Å²) in [6, 6.07) is 17.4. The van der Waals surface area contributed by atoms with Crippen molar-refractivity contribution in [3.05, 3.63) is 87.9 Å². The van der Waals surface area contributed by atoms with Gasteiger partial charge in [0.1, 0.15) is 18.2 Å². The number of rotatable bonds is 6. The van der Waals surface area contributed by atoms with E-state index in [1.165, 1.54) is 23.5 Å². The van der Waals surface area contributed by atoms with Gasteiger partial charge in [-0.05, 0) is 41.3 Å². The van der Waals surface area contributed by atoms with Crippen molar-refractivity contribution in [3.63, 3.8) is 0 Å². The van der Waals surface area contributed by atoms with Gasteiger partial charge in [-0.1, -0.05) is 30.3 Å². The number of carbonyl (C=O) groups excluding carboxylic acids is 1. The maximum Gasteiger partial charge on any atom is 0.261 e. The number of thiophene rings is 1. The van der Waals surface area contributed by atoms with Crippen molar-refractivity contribution >= 4 is 17.2 Å². The fourth-order valence-electron chi connectivity index (χ4n) is 2.13. The monoisotopic (exact) mass is 341 g/mol. The van der Waals surface area contributed by atoms with Crippen LogP contribution in [0.5, 0.6) is 5.75 Å². The summed E-state index contributed by atoms with van der Waals surface area (Å²) < 4.78 is 18.5. The van der Waals surface area contributed by atoms with Gasteiger partial charge < -0.3 is 10.1 Å². The third-order valence-electron chi connectivity index (χ3n) is 3.39. The Labute approximate surface area is 143 Å². The fraction of sp³-hybridized carbons (Fsp3) is 0.105. The molecule has 0 radical (unpaired) electrons. The summed E-state index contributed by atoms with van der Waals surface area (Å²) in [5, 5.41) is 4.74. The number of para-hydroxylation sites is 1. The highest BCUT2D eigenvalue weighted by molar-refractivity contribution is 7.12. The average Bonchev–Trinajstić information content (AvgIpc) is 3.09. The van der Waals surface area contributed by atoms with Crippen LogP contribution in [0.25, 0.3) is 0 Å². The molecule has 0 spiro atoms. The minimum absolute atomic E-state index is 0.143. The number of amides is 1. The quantitative estimate of drug-likeness (QED) is 0.722. The molecule has 0 saturated heterocycles. The topological polar surface area (TPSA) is 38.3 Å². The Morgan fingerprint density at radius 1 is 1.04 bits per heavy atom. The lowest BCUT2D eigenvalue weighted by atomic mass is 10.2. The van der Waals surface area contributed by atoms with E-state index >= 15 is 0 Å². The zero-order valence-electron chi connectivity index (χ0n) is 12.9. The lowest BCUT2D eigenvalue weighted by Crippen LogP contribution is -2.21. The molecular weight excluding hydrogens is 325 g/mol. The number of halogens is 1. The highest BCUT2D eigenvalue weighted by Crippen LogP contribution is 2.18. The summed E-state index contributed by atoms with van der Waals surface area (Å²) in [4.78, 5) is 12.8. The normalized spacial score (nSPS) is 10.4. The van der Waals surface area contributed by atoms with Crippen molar-refractivity contribution in [2.45, 2.75) is 13.2 Å². The molecule has 1 aromatic heterocycles. The lowest BCUT2D eigenvalue weighted by Gasteiger charge is -2.04. The first-order chi connectivity index (χ1) is 11.7. The van der Waals surface area contributed by atoms with Gasteiger partial charge in [0, 0.05) is 12.1 Å². The minimum Gasteiger partial charge on any atom is -0.489 e. The van der Waals surface area contributed by atoms with E-state index in [9.17, 15) is 9.18 Å². The standard InChI is InChI=1S/C19H16FNO2S/c20-16-8-6-14(7-9-16)11-21-19(22)18-10-15(13-24-18)12-23-17-4-2-1-3-5-17/h1-10,13H,11-12H2,(H,21,22). The van der Waals surface area contributed by atoms with Gasteiger partial charge in [-0.3, -0.25) is 4.79 Å². The average molecular weight is 341 g/mol. The van der Waals surface area contributed by atoms with Crippen LogP contribution in [0.4, 0.5) is 4.39 Å². The van der Waals surface area contributed by atoms with Crippen molar-refractivity contribution in [3.8, 4) is 5.75 Å². The second kappa shape index (κ2) is 7.75. The zero-order chi connectivity index (χ0) is 16.8. The molecule has 0 fully saturated rings. The van der Waals surface area contributed by atoms with Gasteiger partial charge >= 0.3 is 0 Å². The van der Waals surface area contributed by atoms with Gasteiger partial charge in [0.05, 0.1) is 4.88 Å². The Morgan fingerprint density at radius 2 is 1.79 bits per heavy atom. The largest absolute Gasteiger partial charge is 0.489 e. The van der Waals surface area contributed by atoms with Crippen molar-refractivity contribution in [1.29, 1.82) is 0 Å². The number of carbonyl (C=O) groups is 1. The molecule has 0 unspecified atom stereocenters. The Hall–Kier alpha value is -2.66. The Kier molecular flexibility index (Phi) is 5.23. The molecule has 122 valence electrons. The van der Waals surface area contributed by atoms with Crippen LogP contribution in [0.15, 0.2) is 66.0 Å². The van der Waals surface area contributed by atoms with Gasteiger partial charge in [-0.25, -0.2) is 4.39 Å². The second-order valence-electron chi connectivity index (χ2n) is 5.23. The molecule has 2 aromatic carbocycles. The molecule has 0 aliphatic carbocycles. The van der Waals surface area contributed by atoms with Crippen molar-refractivity contribution in [1.82, 2.24) is 5.32 Å². The number of benzene rings is 2. The zero-order valence-corrected chi connectivity index (χ0v) is 13.7. The van der Waals surface area contributed by atoms with Gasteiger partial charge in [-0.15, -0.1) is 11.3 Å². The Balaban J connectivity index is 1.52. The molecular formula is C19H16FNO2S. The molecule has 0 aliphatic heterocycles. The van der Waals surface area contributed by atoms with Crippen LogP contribution in [0.1, 0.15) is 20.8 Å². The predicted molar refractivity (Wildman–Crippen MR) is 92.7 cm³/mol. The number of nitrogens with one attached hydrogen (secondary N) is 1. The van der Waals surface area contributed by atoms with Crippen LogP contribution in [0, 0.1) is 5.82 Å². The molecule has 3 rings (SSSR count). The van der Waals surface area contributed by atoms with E-state index in [0.29, 0.717) is 18.0 Å². The van der Waals surface area contributed by atoms with Crippen LogP contribution in [0.3, 0.4) is 0 Å². The summed E-state index contributed by atoms with van der Waals surface area (Å²) in [6.45, 7) is 0.790. The van der Waals surface area contributed by atoms with Crippen molar-refractivity contribution in [2.24, 2.45) is 0 Å². The summed E-state index contributed by atoms with van der Waals surface area (Å²) in [7, 11) is 0. The Bertz CT molecular complexity index is 800. The third-order valence-corrected chi connectivity index (χ3v) is 4.37. The first kappa shape index (κ1) is 16.2. The Morgan fingerprint density at radius 3 is 2.54 bits per heavy atom. The van der Waals surface area contributed by atoms with E-state index in [1.807, 2.05) is 41.8 Å². The van der Waals surface area contributed by atoms with Gasteiger partial charge in [0.25, 0.3) is 5.91 Å². The third kappa shape index (κ3) is 4.43. The number of ether oxygens (including phenoxy) is 1. The molecule has 1 amide bonds. The molecule has 0 atom stereocenters. The summed E-state index contributed by atoms with van der Waals surface area (Å²) in [6.07, 6.45) is 0. The second-order valence-corrected chi connectivity index (χ2v) is 6.14. The first-order valence-corrected chi connectivity index (χ1v) is 8.36. The summed E-state index contributed by atoms with van der Waals surface area (Å²) in [5.74, 6) is 0.368. The van der Waals surface area contributed by atoms with Gasteiger partial charge in [-0.2, -0.15) is 0 Å². The molecule has 0 bridgehead atoms.